The minimum absolute atomic E-state index is 0.388. The summed E-state index contributed by atoms with van der Waals surface area (Å²) in [5, 5.41) is 3.44. The highest BCUT2D eigenvalue weighted by atomic mass is 32.2. The predicted molar refractivity (Wildman–Crippen MR) is 75.5 cm³/mol. The fourth-order valence-corrected chi connectivity index (χ4v) is 2.98. The monoisotopic (exact) mass is 285 g/mol. The van der Waals surface area contributed by atoms with Crippen LogP contribution in [0.2, 0.25) is 0 Å². The largest absolute Gasteiger partial charge is 0.349 e. The van der Waals surface area contributed by atoms with Crippen LogP contribution in [0.3, 0.4) is 0 Å². The molecule has 1 fully saturated rings. The third-order valence-electron chi connectivity index (χ3n) is 3.35. The fourth-order valence-electron chi connectivity index (χ4n) is 2.01. The first-order valence-corrected chi connectivity index (χ1v) is 8.24. The third kappa shape index (κ3) is 3.38. The molecule has 0 atom stereocenters. The van der Waals surface area contributed by atoms with Gasteiger partial charge in [0.15, 0.2) is 0 Å². The molecule has 1 N–H and O–H groups in total. The molecule has 108 valence electrons. The van der Waals surface area contributed by atoms with Crippen molar-refractivity contribution in [1.82, 2.24) is 14.2 Å². The van der Waals surface area contributed by atoms with Gasteiger partial charge in [0, 0.05) is 45.1 Å². The van der Waals surface area contributed by atoms with Crippen molar-refractivity contribution >= 4 is 10.0 Å². The quantitative estimate of drug-likeness (QED) is 0.824. The average Bonchev–Trinajstić information content (AvgIpc) is 3.08. The van der Waals surface area contributed by atoms with Crippen molar-refractivity contribution in [2.45, 2.75) is 50.2 Å². The van der Waals surface area contributed by atoms with Gasteiger partial charge in [-0.25, -0.2) is 12.7 Å². The lowest BCUT2D eigenvalue weighted by Gasteiger charge is -2.08. The molecule has 0 radical (unpaired) electrons. The summed E-state index contributed by atoms with van der Waals surface area (Å²) in [7, 11) is -0.207. The van der Waals surface area contributed by atoms with Gasteiger partial charge in [-0.1, -0.05) is 6.92 Å². The zero-order valence-electron chi connectivity index (χ0n) is 11.9. The molecule has 0 saturated heterocycles. The Labute approximate surface area is 115 Å². The number of hydrogen-bond donors (Lipinski definition) is 1. The summed E-state index contributed by atoms with van der Waals surface area (Å²) < 4.78 is 27.6. The minimum atomic E-state index is -3.34. The lowest BCUT2D eigenvalue weighted by Crippen LogP contribution is -2.21. The maximum absolute atomic E-state index is 12.1. The first-order valence-electron chi connectivity index (χ1n) is 6.80. The van der Waals surface area contributed by atoms with Crippen LogP contribution in [-0.4, -0.2) is 37.4 Å². The molecule has 0 unspecified atom stereocenters. The van der Waals surface area contributed by atoms with Crippen LogP contribution < -0.4 is 5.32 Å². The third-order valence-corrected chi connectivity index (χ3v) is 5.13. The maximum atomic E-state index is 12.1. The van der Waals surface area contributed by atoms with E-state index in [1.54, 1.807) is 26.4 Å². The second-order valence-corrected chi connectivity index (χ2v) is 7.45. The van der Waals surface area contributed by atoms with Gasteiger partial charge in [-0.3, -0.25) is 0 Å². The Hall–Kier alpha value is -0.850. The highest BCUT2D eigenvalue weighted by Gasteiger charge is 2.23. The molecule has 1 aromatic heterocycles. The molecule has 0 spiro atoms. The Balaban J connectivity index is 2.22. The van der Waals surface area contributed by atoms with Crippen molar-refractivity contribution in [1.29, 1.82) is 0 Å². The van der Waals surface area contributed by atoms with Crippen LogP contribution in [0, 0.1) is 0 Å². The smallest absolute Gasteiger partial charge is 0.244 e. The molecule has 0 amide bonds. The number of nitrogens with one attached hydrogen (secondary N) is 1. The summed E-state index contributed by atoms with van der Waals surface area (Å²) in [4.78, 5) is 0.388. The average molecular weight is 285 g/mol. The van der Waals surface area contributed by atoms with E-state index in [1.165, 1.54) is 17.1 Å². The highest BCUT2D eigenvalue weighted by molar-refractivity contribution is 7.89. The molecule has 2 rings (SSSR count). The van der Waals surface area contributed by atoms with Gasteiger partial charge in [0.2, 0.25) is 10.0 Å². The molecular weight excluding hydrogens is 262 g/mol. The second-order valence-electron chi connectivity index (χ2n) is 5.30. The van der Waals surface area contributed by atoms with Crippen molar-refractivity contribution in [3.05, 3.63) is 18.0 Å². The van der Waals surface area contributed by atoms with Crippen LogP contribution in [0.25, 0.3) is 0 Å². The number of sulfonamides is 1. The molecule has 1 aliphatic rings. The van der Waals surface area contributed by atoms with Gasteiger partial charge < -0.3 is 9.88 Å². The van der Waals surface area contributed by atoms with Crippen LogP contribution >= 0.6 is 0 Å². The van der Waals surface area contributed by atoms with E-state index in [9.17, 15) is 8.42 Å². The van der Waals surface area contributed by atoms with E-state index in [0.29, 0.717) is 10.9 Å². The van der Waals surface area contributed by atoms with E-state index in [1.807, 2.05) is 4.57 Å². The molecule has 5 nitrogen and oxygen atoms in total. The van der Waals surface area contributed by atoms with E-state index in [0.717, 1.165) is 25.2 Å². The first kappa shape index (κ1) is 14.6. The molecule has 0 aromatic carbocycles. The second kappa shape index (κ2) is 5.64. The van der Waals surface area contributed by atoms with E-state index in [4.69, 9.17) is 0 Å². The molecule has 6 heteroatoms. The topological polar surface area (TPSA) is 54.3 Å². The van der Waals surface area contributed by atoms with Gasteiger partial charge in [-0.05, 0) is 25.3 Å². The Kier molecular flexibility index (Phi) is 4.32. The molecule has 1 heterocycles. The number of aromatic nitrogens is 1. The van der Waals surface area contributed by atoms with Gasteiger partial charge in [0.25, 0.3) is 0 Å². The van der Waals surface area contributed by atoms with Crippen molar-refractivity contribution in [3.63, 3.8) is 0 Å². The summed E-state index contributed by atoms with van der Waals surface area (Å²) in [6.45, 7) is 3.69. The summed E-state index contributed by atoms with van der Waals surface area (Å²) in [5.74, 6) is 0. The standard InChI is InChI=1S/C13H23N3O2S/c1-4-7-16-10-13(19(17,18)15(2)3)8-12(16)9-14-11-5-6-11/h8,10-11,14H,4-7,9H2,1-3H3. The fraction of sp³-hybridized carbons (Fsp3) is 0.692. The lowest BCUT2D eigenvalue weighted by molar-refractivity contribution is 0.520. The van der Waals surface area contributed by atoms with Crippen LogP contribution in [0.1, 0.15) is 31.9 Å². The first-order chi connectivity index (χ1) is 8.95. The molecule has 1 saturated carbocycles. The molecule has 1 aromatic rings. The summed E-state index contributed by atoms with van der Waals surface area (Å²) in [6, 6.07) is 2.42. The van der Waals surface area contributed by atoms with E-state index in [2.05, 4.69) is 12.2 Å². The van der Waals surface area contributed by atoms with E-state index < -0.39 is 10.0 Å². The minimum Gasteiger partial charge on any atom is -0.349 e. The lowest BCUT2D eigenvalue weighted by atomic mass is 10.4. The SMILES string of the molecule is CCCn1cc(S(=O)(=O)N(C)C)cc1CNC1CC1. The van der Waals surface area contributed by atoms with Gasteiger partial charge >= 0.3 is 0 Å². The Morgan fingerprint density at radius 1 is 1.42 bits per heavy atom. The van der Waals surface area contributed by atoms with Crippen LogP contribution in [0.5, 0.6) is 0 Å². The van der Waals surface area contributed by atoms with Crippen LogP contribution in [0.15, 0.2) is 17.2 Å². The Bertz CT molecular complexity index is 530. The normalized spacial score (nSPS) is 16.2. The Morgan fingerprint density at radius 2 is 2.11 bits per heavy atom. The van der Waals surface area contributed by atoms with E-state index in [-0.39, 0.29) is 0 Å². The predicted octanol–water partition coefficient (Wildman–Crippen LogP) is 1.40. The summed E-state index contributed by atoms with van der Waals surface area (Å²) in [5.41, 5.74) is 1.05. The van der Waals surface area contributed by atoms with Crippen LogP contribution in [0.4, 0.5) is 0 Å². The number of hydrogen-bond acceptors (Lipinski definition) is 3. The molecule has 19 heavy (non-hydrogen) atoms. The Morgan fingerprint density at radius 3 is 2.63 bits per heavy atom. The molecular formula is C13H23N3O2S. The van der Waals surface area contributed by atoms with Crippen molar-refractivity contribution < 1.29 is 8.42 Å². The summed E-state index contributed by atoms with van der Waals surface area (Å²) >= 11 is 0. The zero-order valence-corrected chi connectivity index (χ0v) is 12.7. The molecule has 1 aliphatic carbocycles. The molecule has 0 bridgehead atoms. The highest BCUT2D eigenvalue weighted by Crippen LogP contribution is 2.21. The number of aryl methyl sites for hydroxylation is 1. The van der Waals surface area contributed by atoms with Crippen molar-refractivity contribution in [2.75, 3.05) is 14.1 Å². The van der Waals surface area contributed by atoms with Crippen molar-refractivity contribution in [3.8, 4) is 0 Å². The zero-order chi connectivity index (χ0) is 14.0. The van der Waals surface area contributed by atoms with Gasteiger partial charge in [0.05, 0.1) is 0 Å². The van der Waals surface area contributed by atoms with Gasteiger partial charge in [-0.2, -0.15) is 0 Å². The maximum Gasteiger partial charge on any atom is 0.244 e. The van der Waals surface area contributed by atoms with Gasteiger partial charge in [0.1, 0.15) is 4.90 Å². The molecule has 0 aliphatic heterocycles. The number of nitrogens with zero attached hydrogens (tertiary/aromatic N) is 2. The summed E-state index contributed by atoms with van der Waals surface area (Å²) in [6.07, 6.45) is 5.21. The van der Waals surface area contributed by atoms with Crippen molar-refractivity contribution in [2.24, 2.45) is 0 Å². The van der Waals surface area contributed by atoms with E-state index >= 15 is 0 Å². The van der Waals surface area contributed by atoms with Gasteiger partial charge in [-0.15, -0.1) is 0 Å². The number of rotatable bonds is 7. The van der Waals surface area contributed by atoms with Crippen LogP contribution in [-0.2, 0) is 23.1 Å².